The molecular weight excluding hydrogens is 206 g/mol. The summed E-state index contributed by atoms with van der Waals surface area (Å²) < 4.78 is 0.245. The van der Waals surface area contributed by atoms with Crippen LogP contribution in [-0.4, -0.2) is 37.1 Å². The van der Waals surface area contributed by atoms with Crippen molar-refractivity contribution in [1.29, 1.82) is 0 Å². The fourth-order valence-corrected chi connectivity index (χ4v) is 1.11. The first-order valence-corrected chi connectivity index (χ1v) is 6.63. The Hall–Kier alpha value is -0.380. The molecule has 0 aromatic carbocycles. The lowest BCUT2D eigenvalue weighted by atomic mass is 10.2. The zero-order valence-electron chi connectivity index (χ0n) is 10.8. The minimum absolute atomic E-state index is 0.245. The van der Waals surface area contributed by atoms with E-state index in [1.165, 1.54) is 0 Å². The van der Waals surface area contributed by atoms with Gasteiger partial charge in [-0.2, -0.15) is 11.8 Å². The summed E-state index contributed by atoms with van der Waals surface area (Å²) in [5, 5.41) is 6.63. The van der Waals surface area contributed by atoms with Crippen LogP contribution in [0.3, 0.4) is 0 Å². The largest absolute Gasteiger partial charge is 0.356 e. The summed E-state index contributed by atoms with van der Waals surface area (Å²) in [6.45, 7) is 10.7. The van der Waals surface area contributed by atoms with Crippen LogP contribution in [0.5, 0.6) is 0 Å². The van der Waals surface area contributed by atoms with Gasteiger partial charge < -0.3 is 10.6 Å². The molecule has 0 fully saturated rings. The molecule has 0 saturated carbocycles. The fourth-order valence-electron chi connectivity index (χ4n) is 0.890. The zero-order chi connectivity index (χ0) is 11.9. The second-order valence-corrected chi connectivity index (χ2v) is 6.18. The minimum atomic E-state index is 0.245. The van der Waals surface area contributed by atoms with Gasteiger partial charge in [-0.1, -0.05) is 13.8 Å². The Kier molecular flexibility index (Phi) is 6.81. The number of nitrogens with zero attached hydrogens (tertiary/aromatic N) is 1. The standard InChI is InChI=1S/C11H25N3S/c1-9(2)7-13-10(12-5)14-8-11(3,4)15-6/h9H,7-8H2,1-6H3,(H2,12,13,14). The highest BCUT2D eigenvalue weighted by atomic mass is 32.2. The quantitative estimate of drug-likeness (QED) is 0.561. The van der Waals surface area contributed by atoms with Gasteiger partial charge in [-0.15, -0.1) is 0 Å². The highest BCUT2D eigenvalue weighted by Crippen LogP contribution is 2.19. The third kappa shape index (κ3) is 7.54. The molecule has 0 heterocycles. The average molecular weight is 231 g/mol. The third-order valence-electron chi connectivity index (χ3n) is 2.14. The molecule has 0 aromatic heterocycles. The summed E-state index contributed by atoms with van der Waals surface area (Å²) in [6, 6.07) is 0. The van der Waals surface area contributed by atoms with Crippen molar-refractivity contribution in [3.63, 3.8) is 0 Å². The van der Waals surface area contributed by atoms with Crippen LogP contribution in [0.15, 0.2) is 4.99 Å². The lowest BCUT2D eigenvalue weighted by Gasteiger charge is -2.24. The van der Waals surface area contributed by atoms with Gasteiger partial charge in [0, 0.05) is 24.9 Å². The number of aliphatic imine (C=N–C) groups is 1. The molecule has 0 aliphatic carbocycles. The topological polar surface area (TPSA) is 36.4 Å². The Bertz CT molecular complexity index is 200. The molecule has 0 unspecified atom stereocenters. The van der Waals surface area contributed by atoms with Gasteiger partial charge in [0.1, 0.15) is 0 Å². The molecule has 0 bridgehead atoms. The molecule has 0 saturated heterocycles. The van der Waals surface area contributed by atoms with Gasteiger partial charge in [0.25, 0.3) is 0 Å². The van der Waals surface area contributed by atoms with Crippen molar-refractivity contribution in [1.82, 2.24) is 10.6 Å². The number of nitrogens with one attached hydrogen (secondary N) is 2. The first kappa shape index (κ1) is 14.6. The lowest BCUT2D eigenvalue weighted by molar-refractivity contribution is 0.605. The van der Waals surface area contributed by atoms with Crippen molar-refractivity contribution in [3.8, 4) is 0 Å². The normalized spacial score (nSPS) is 13.1. The van der Waals surface area contributed by atoms with Gasteiger partial charge in [0.05, 0.1) is 0 Å². The number of hydrogen-bond donors (Lipinski definition) is 2. The van der Waals surface area contributed by atoms with Crippen molar-refractivity contribution in [2.45, 2.75) is 32.4 Å². The number of rotatable bonds is 5. The maximum Gasteiger partial charge on any atom is 0.191 e. The smallest absolute Gasteiger partial charge is 0.191 e. The summed E-state index contributed by atoms with van der Waals surface area (Å²) in [6.07, 6.45) is 2.13. The molecule has 4 heteroatoms. The number of hydrogen-bond acceptors (Lipinski definition) is 2. The summed E-state index contributed by atoms with van der Waals surface area (Å²) >= 11 is 1.86. The van der Waals surface area contributed by atoms with Crippen LogP contribution in [0.25, 0.3) is 0 Å². The monoisotopic (exact) mass is 231 g/mol. The van der Waals surface area contributed by atoms with Crippen LogP contribution >= 0.6 is 11.8 Å². The molecule has 0 amide bonds. The highest BCUT2D eigenvalue weighted by Gasteiger charge is 2.15. The summed E-state index contributed by atoms with van der Waals surface area (Å²) in [4.78, 5) is 4.18. The third-order valence-corrected chi connectivity index (χ3v) is 3.39. The van der Waals surface area contributed by atoms with Gasteiger partial charge in [-0.25, -0.2) is 0 Å². The minimum Gasteiger partial charge on any atom is -0.356 e. The van der Waals surface area contributed by atoms with Crippen LogP contribution in [0.1, 0.15) is 27.7 Å². The van der Waals surface area contributed by atoms with E-state index in [1.54, 1.807) is 0 Å². The second-order valence-electron chi connectivity index (χ2n) is 4.66. The Balaban J connectivity index is 3.92. The molecular formula is C11H25N3S. The first-order chi connectivity index (χ1) is 6.91. The lowest BCUT2D eigenvalue weighted by Crippen LogP contribution is -2.44. The van der Waals surface area contributed by atoms with Gasteiger partial charge in [-0.3, -0.25) is 4.99 Å². The van der Waals surface area contributed by atoms with Crippen molar-refractivity contribution < 1.29 is 0 Å². The molecule has 2 N–H and O–H groups in total. The number of guanidine groups is 1. The molecule has 0 aliphatic heterocycles. The van der Waals surface area contributed by atoms with E-state index < -0.39 is 0 Å². The second kappa shape index (κ2) is 6.99. The SMILES string of the molecule is CN=C(NCC(C)C)NCC(C)(C)SC. The van der Waals surface area contributed by atoms with E-state index in [4.69, 9.17) is 0 Å². The number of thioether (sulfide) groups is 1. The molecule has 15 heavy (non-hydrogen) atoms. The molecule has 0 spiro atoms. The van der Waals surface area contributed by atoms with Crippen molar-refractivity contribution in [3.05, 3.63) is 0 Å². The molecule has 0 aliphatic rings. The van der Waals surface area contributed by atoms with Crippen LogP contribution in [0.4, 0.5) is 0 Å². The molecule has 0 aromatic rings. The van der Waals surface area contributed by atoms with Crippen molar-refractivity contribution in [2.75, 3.05) is 26.4 Å². The predicted molar refractivity (Wildman–Crippen MR) is 71.8 cm³/mol. The molecule has 3 nitrogen and oxygen atoms in total. The van der Waals surface area contributed by atoms with E-state index in [-0.39, 0.29) is 4.75 Å². The Morgan fingerprint density at radius 2 is 1.93 bits per heavy atom. The zero-order valence-corrected chi connectivity index (χ0v) is 11.7. The summed E-state index contributed by atoms with van der Waals surface area (Å²) in [5.41, 5.74) is 0. The van der Waals surface area contributed by atoms with Gasteiger partial charge in [0.15, 0.2) is 5.96 Å². The van der Waals surface area contributed by atoms with Crippen LogP contribution in [0, 0.1) is 5.92 Å². The van der Waals surface area contributed by atoms with Crippen LogP contribution < -0.4 is 10.6 Å². The van der Waals surface area contributed by atoms with Crippen molar-refractivity contribution in [2.24, 2.45) is 10.9 Å². The first-order valence-electron chi connectivity index (χ1n) is 5.41. The summed E-state index contributed by atoms with van der Waals surface area (Å²) in [5.74, 6) is 1.53. The van der Waals surface area contributed by atoms with Gasteiger partial charge in [-0.05, 0) is 26.0 Å². The van der Waals surface area contributed by atoms with E-state index >= 15 is 0 Å². The van der Waals surface area contributed by atoms with E-state index in [1.807, 2.05) is 18.8 Å². The molecule has 90 valence electrons. The van der Waals surface area contributed by atoms with E-state index in [9.17, 15) is 0 Å². The molecule has 0 atom stereocenters. The molecule has 0 radical (unpaired) electrons. The maximum atomic E-state index is 4.18. The maximum absolute atomic E-state index is 4.18. The molecule has 0 rings (SSSR count). The van der Waals surface area contributed by atoms with E-state index in [2.05, 4.69) is 49.6 Å². The van der Waals surface area contributed by atoms with Crippen LogP contribution in [0.2, 0.25) is 0 Å². The predicted octanol–water partition coefficient (Wildman–Crippen LogP) is 1.95. The van der Waals surface area contributed by atoms with E-state index in [0.29, 0.717) is 5.92 Å². The average Bonchev–Trinajstić information content (AvgIpc) is 2.18. The Morgan fingerprint density at radius 3 is 2.33 bits per heavy atom. The van der Waals surface area contributed by atoms with Gasteiger partial charge in [0.2, 0.25) is 0 Å². The summed E-state index contributed by atoms with van der Waals surface area (Å²) in [7, 11) is 1.81. The highest BCUT2D eigenvalue weighted by molar-refractivity contribution is 7.99. The Morgan fingerprint density at radius 1 is 1.33 bits per heavy atom. The van der Waals surface area contributed by atoms with Crippen LogP contribution in [-0.2, 0) is 0 Å². The Labute approximate surface area is 98.5 Å². The fraction of sp³-hybridized carbons (Fsp3) is 0.909. The van der Waals surface area contributed by atoms with Gasteiger partial charge >= 0.3 is 0 Å². The van der Waals surface area contributed by atoms with Crippen molar-refractivity contribution >= 4 is 17.7 Å². The van der Waals surface area contributed by atoms with E-state index in [0.717, 1.165) is 19.0 Å².